The molecule has 2 rings (SSSR count). The highest BCUT2D eigenvalue weighted by atomic mass is 19.4. The van der Waals surface area contributed by atoms with Crippen LogP contribution in [0.1, 0.15) is 17.1 Å². The van der Waals surface area contributed by atoms with Crippen molar-refractivity contribution in [1.82, 2.24) is 14.9 Å². The number of hydrogen-bond donors (Lipinski definition) is 1. The molecule has 7 heteroatoms. The Balaban J connectivity index is 2.09. The van der Waals surface area contributed by atoms with Gasteiger partial charge in [0, 0.05) is 24.8 Å². The Morgan fingerprint density at radius 3 is 2.75 bits per heavy atom. The van der Waals surface area contributed by atoms with Crippen LogP contribution in [0.5, 0.6) is 0 Å². The van der Waals surface area contributed by atoms with Gasteiger partial charge in [-0.05, 0) is 0 Å². The fourth-order valence-electron chi connectivity index (χ4n) is 1.72. The normalized spacial score (nSPS) is 16.5. The molecule has 0 saturated heterocycles. The molecule has 0 amide bonds. The summed E-state index contributed by atoms with van der Waals surface area (Å²) in [7, 11) is 0. The summed E-state index contributed by atoms with van der Waals surface area (Å²) in [6.45, 7) is -0.252. The molecule has 1 aromatic rings. The summed E-state index contributed by atoms with van der Waals surface area (Å²) in [6, 6.07) is 0. The van der Waals surface area contributed by atoms with Crippen LogP contribution in [0, 0.1) is 0 Å². The molecule has 0 fully saturated rings. The number of nitrogens with two attached hydrogens (primary N) is 1. The Labute approximate surface area is 90.3 Å². The van der Waals surface area contributed by atoms with Crippen LogP contribution in [-0.2, 0) is 19.6 Å². The number of halogens is 3. The zero-order valence-electron chi connectivity index (χ0n) is 8.46. The van der Waals surface area contributed by atoms with Crippen molar-refractivity contribution in [1.29, 1.82) is 0 Å². The lowest BCUT2D eigenvalue weighted by atomic mass is 10.3. The third-order valence-corrected chi connectivity index (χ3v) is 2.36. The topological polar surface area (TPSA) is 55.0 Å². The standard InChI is InChI=1S/C9H11F3N4/c10-9(11,12)5-16-3-6-2-14-8(1-13)15-7(6)4-16/h2H,1,3-5,13H2. The van der Waals surface area contributed by atoms with Gasteiger partial charge in [-0.25, -0.2) is 9.97 Å². The first-order valence-corrected chi connectivity index (χ1v) is 4.81. The Kier molecular flexibility index (Phi) is 2.81. The highest BCUT2D eigenvalue weighted by Gasteiger charge is 2.33. The van der Waals surface area contributed by atoms with E-state index in [4.69, 9.17) is 5.73 Å². The predicted molar refractivity (Wildman–Crippen MR) is 50.1 cm³/mol. The van der Waals surface area contributed by atoms with Crippen molar-refractivity contribution in [2.45, 2.75) is 25.8 Å². The van der Waals surface area contributed by atoms with Gasteiger partial charge in [0.05, 0.1) is 18.8 Å². The third-order valence-electron chi connectivity index (χ3n) is 2.36. The Hall–Kier alpha value is -1.21. The first-order valence-electron chi connectivity index (χ1n) is 4.81. The summed E-state index contributed by atoms with van der Waals surface area (Å²) >= 11 is 0. The maximum atomic E-state index is 12.2. The van der Waals surface area contributed by atoms with E-state index in [0.29, 0.717) is 11.5 Å². The van der Waals surface area contributed by atoms with E-state index in [1.54, 1.807) is 6.20 Å². The number of fused-ring (bicyclic) bond motifs is 1. The van der Waals surface area contributed by atoms with Gasteiger partial charge in [-0.15, -0.1) is 0 Å². The molecule has 0 atom stereocenters. The van der Waals surface area contributed by atoms with Crippen LogP contribution in [0.25, 0.3) is 0 Å². The molecule has 1 aliphatic rings. The number of nitrogens with zero attached hydrogens (tertiary/aromatic N) is 3. The molecule has 1 aliphatic heterocycles. The van der Waals surface area contributed by atoms with E-state index in [0.717, 1.165) is 5.56 Å². The highest BCUT2D eigenvalue weighted by Crippen LogP contribution is 2.25. The first-order chi connectivity index (χ1) is 7.48. The van der Waals surface area contributed by atoms with Crippen LogP contribution in [0.15, 0.2) is 6.20 Å². The molecule has 0 bridgehead atoms. The molecule has 0 aromatic carbocycles. The van der Waals surface area contributed by atoms with Gasteiger partial charge < -0.3 is 5.73 Å². The Bertz CT molecular complexity index is 391. The lowest BCUT2D eigenvalue weighted by Crippen LogP contribution is -2.30. The lowest BCUT2D eigenvalue weighted by Gasteiger charge is -2.16. The smallest absolute Gasteiger partial charge is 0.324 e. The molecule has 2 heterocycles. The van der Waals surface area contributed by atoms with E-state index in [9.17, 15) is 13.2 Å². The molecule has 0 spiro atoms. The fourth-order valence-corrected chi connectivity index (χ4v) is 1.72. The monoisotopic (exact) mass is 232 g/mol. The van der Waals surface area contributed by atoms with E-state index in [2.05, 4.69) is 9.97 Å². The van der Waals surface area contributed by atoms with E-state index in [1.807, 2.05) is 0 Å². The molecule has 4 nitrogen and oxygen atoms in total. The second-order valence-electron chi connectivity index (χ2n) is 3.72. The zero-order chi connectivity index (χ0) is 11.8. The van der Waals surface area contributed by atoms with Crippen LogP contribution in [-0.4, -0.2) is 27.6 Å². The van der Waals surface area contributed by atoms with Gasteiger partial charge in [-0.2, -0.15) is 13.2 Å². The average molecular weight is 232 g/mol. The van der Waals surface area contributed by atoms with E-state index in [1.165, 1.54) is 4.90 Å². The van der Waals surface area contributed by atoms with Crippen LogP contribution in [0.2, 0.25) is 0 Å². The fraction of sp³-hybridized carbons (Fsp3) is 0.556. The minimum atomic E-state index is -4.17. The van der Waals surface area contributed by atoms with Crippen LogP contribution in [0.4, 0.5) is 13.2 Å². The molecule has 0 saturated carbocycles. The van der Waals surface area contributed by atoms with Crippen LogP contribution < -0.4 is 5.73 Å². The van der Waals surface area contributed by atoms with E-state index in [-0.39, 0.29) is 19.6 Å². The van der Waals surface area contributed by atoms with Crippen molar-refractivity contribution in [3.63, 3.8) is 0 Å². The molecule has 0 unspecified atom stereocenters. The Morgan fingerprint density at radius 1 is 1.38 bits per heavy atom. The third kappa shape index (κ3) is 2.48. The molecule has 1 aromatic heterocycles. The van der Waals surface area contributed by atoms with Gasteiger partial charge in [-0.1, -0.05) is 0 Å². The molecule has 2 N–H and O–H groups in total. The largest absolute Gasteiger partial charge is 0.401 e. The lowest BCUT2D eigenvalue weighted by molar-refractivity contribution is -0.147. The molecule has 16 heavy (non-hydrogen) atoms. The molecular weight excluding hydrogens is 221 g/mol. The van der Waals surface area contributed by atoms with Gasteiger partial charge >= 0.3 is 6.18 Å². The number of alkyl halides is 3. The van der Waals surface area contributed by atoms with Crippen molar-refractivity contribution in [2.24, 2.45) is 5.73 Å². The maximum Gasteiger partial charge on any atom is 0.401 e. The SMILES string of the molecule is NCc1ncc2c(n1)CN(CC(F)(F)F)C2. The second kappa shape index (κ2) is 3.99. The van der Waals surface area contributed by atoms with Crippen molar-refractivity contribution in [3.05, 3.63) is 23.3 Å². The van der Waals surface area contributed by atoms with E-state index < -0.39 is 12.7 Å². The predicted octanol–water partition coefficient (Wildman–Crippen LogP) is 0.813. The van der Waals surface area contributed by atoms with Crippen molar-refractivity contribution >= 4 is 0 Å². The molecular formula is C9H11F3N4. The summed E-state index contributed by atoms with van der Waals surface area (Å²) < 4.78 is 36.5. The molecule has 88 valence electrons. The highest BCUT2D eigenvalue weighted by molar-refractivity contribution is 5.21. The van der Waals surface area contributed by atoms with Crippen molar-refractivity contribution < 1.29 is 13.2 Å². The summed E-state index contributed by atoms with van der Waals surface area (Å²) in [5.74, 6) is 0.465. The zero-order valence-corrected chi connectivity index (χ0v) is 8.46. The van der Waals surface area contributed by atoms with Crippen LogP contribution >= 0.6 is 0 Å². The number of hydrogen-bond acceptors (Lipinski definition) is 4. The van der Waals surface area contributed by atoms with Crippen LogP contribution in [0.3, 0.4) is 0 Å². The summed E-state index contributed by atoms with van der Waals surface area (Å²) in [4.78, 5) is 9.35. The summed E-state index contributed by atoms with van der Waals surface area (Å²) in [5.41, 5.74) is 6.77. The van der Waals surface area contributed by atoms with Crippen molar-refractivity contribution in [2.75, 3.05) is 6.54 Å². The van der Waals surface area contributed by atoms with Gasteiger partial charge in [0.15, 0.2) is 0 Å². The first kappa shape index (κ1) is 11.3. The van der Waals surface area contributed by atoms with Gasteiger partial charge in [0.2, 0.25) is 0 Å². The maximum absolute atomic E-state index is 12.2. The number of rotatable bonds is 2. The quantitative estimate of drug-likeness (QED) is 0.820. The van der Waals surface area contributed by atoms with Gasteiger partial charge in [0.25, 0.3) is 0 Å². The Morgan fingerprint density at radius 2 is 2.12 bits per heavy atom. The number of aromatic nitrogens is 2. The average Bonchev–Trinajstić information content (AvgIpc) is 2.55. The summed E-state index contributed by atoms with van der Waals surface area (Å²) in [5, 5.41) is 0. The second-order valence-corrected chi connectivity index (χ2v) is 3.72. The van der Waals surface area contributed by atoms with Crippen molar-refractivity contribution in [3.8, 4) is 0 Å². The summed E-state index contributed by atoms with van der Waals surface area (Å²) in [6.07, 6.45) is -2.62. The van der Waals surface area contributed by atoms with Gasteiger partial charge in [0.1, 0.15) is 5.82 Å². The molecule has 0 radical (unpaired) electrons. The molecule has 0 aliphatic carbocycles. The minimum Gasteiger partial charge on any atom is -0.324 e. The minimum absolute atomic E-state index is 0.201. The van der Waals surface area contributed by atoms with Gasteiger partial charge in [-0.3, -0.25) is 4.90 Å². The van der Waals surface area contributed by atoms with E-state index >= 15 is 0 Å².